The van der Waals surface area contributed by atoms with Crippen molar-refractivity contribution in [2.75, 3.05) is 5.32 Å². The third-order valence-electron chi connectivity index (χ3n) is 2.99. The fourth-order valence-electron chi connectivity index (χ4n) is 2.10. The van der Waals surface area contributed by atoms with Crippen LogP contribution in [-0.4, -0.2) is 10.1 Å². The molecule has 0 spiro atoms. The lowest BCUT2D eigenvalue weighted by molar-refractivity contribution is 0.468. The Morgan fingerprint density at radius 1 is 1.11 bits per heavy atom. The Kier molecular flexibility index (Phi) is 2.83. The third kappa shape index (κ3) is 2.52. The van der Waals surface area contributed by atoms with Crippen LogP contribution in [0.15, 0.2) is 48.7 Å². The van der Waals surface area contributed by atoms with Crippen LogP contribution in [-0.2, 0) is 6.54 Å². The van der Waals surface area contributed by atoms with Gasteiger partial charge in [0.05, 0.1) is 0 Å². The van der Waals surface area contributed by atoms with Crippen LogP contribution in [0.3, 0.4) is 0 Å². The highest BCUT2D eigenvalue weighted by Crippen LogP contribution is 2.20. The highest BCUT2D eigenvalue weighted by atomic mass is 19.1. The lowest BCUT2D eigenvalue weighted by atomic mass is 10.2. The SMILES string of the molecule is Oc1cc(F)cc(CNc2ccc3[nH]ccc3c2)c1. The molecular weight excluding hydrogens is 243 g/mol. The van der Waals surface area contributed by atoms with E-state index in [1.807, 2.05) is 30.5 Å². The van der Waals surface area contributed by atoms with Crippen molar-refractivity contribution >= 4 is 16.6 Å². The van der Waals surface area contributed by atoms with Gasteiger partial charge >= 0.3 is 0 Å². The number of aromatic nitrogens is 1. The van der Waals surface area contributed by atoms with Gasteiger partial charge in [-0.2, -0.15) is 0 Å². The molecule has 2 aromatic carbocycles. The molecule has 0 atom stereocenters. The van der Waals surface area contributed by atoms with Crippen LogP contribution >= 0.6 is 0 Å². The van der Waals surface area contributed by atoms with E-state index in [4.69, 9.17) is 0 Å². The molecular formula is C15H13FN2O. The van der Waals surface area contributed by atoms with Crippen molar-refractivity contribution in [1.29, 1.82) is 0 Å². The molecule has 3 N–H and O–H groups in total. The summed E-state index contributed by atoms with van der Waals surface area (Å²) in [4.78, 5) is 3.13. The first-order valence-electron chi connectivity index (χ1n) is 6.00. The fourth-order valence-corrected chi connectivity index (χ4v) is 2.10. The number of nitrogens with one attached hydrogen (secondary N) is 2. The summed E-state index contributed by atoms with van der Waals surface area (Å²) in [6.45, 7) is 0.460. The minimum Gasteiger partial charge on any atom is -0.508 e. The molecule has 0 fully saturated rings. The van der Waals surface area contributed by atoms with E-state index in [1.54, 1.807) is 6.07 Å². The quantitative estimate of drug-likeness (QED) is 0.670. The molecule has 0 saturated heterocycles. The molecule has 0 aliphatic heterocycles. The molecule has 1 heterocycles. The number of rotatable bonds is 3. The molecule has 96 valence electrons. The maximum atomic E-state index is 13.1. The molecule has 3 rings (SSSR count). The lowest BCUT2D eigenvalue weighted by Crippen LogP contribution is -1.99. The Hall–Kier alpha value is -2.49. The van der Waals surface area contributed by atoms with Crippen molar-refractivity contribution in [3.05, 3.63) is 60.0 Å². The Morgan fingerprint density at radius 2 is 2.00 bits per heavy atom. The summed E-state index contributed by atoms with van der Waals surface area (Å²) in [6.07, 6.45) is 1.89. The highest BCUT2D eigenvalue weighted by molar-refractivity contribution is 5.82. The van der Waals surface area contributed by atoms with E-state index in [2.05, 4.69) is 10.3 Å². The second-order valence-corrected chi connectivity index (χ2v) is 4.45. The van der Waals surface area contributed by atoms with Crippen LogP contribution in [0.2, 0.25) is 0 Å². The zero-order chi connectivity index (χ0) is 13.2. The first-order valence-corrected chi connectivity index (χ1v) is 6.00. The zero-order valence-corrected chi connectivity index (χ0v) is 10.2. The normalized spacial score (nSPS) is 10.8. The van der Waals surface area contributed by atoms with Gasteiger partial charge in [0.2, 0.25) is 0 Å². The van der Waals surface area contributed by atoms with Crippen molar-refractivity contribution in [2.45, 2.75) is 6.54 Å². The Labute approximate surface area is 109 Å². The Bertz CT molecular complexity index is 701. The number of halogens is 1. The monoisotopic (exact) mass is 256 g/mol. The van der Waals surface area contributed by atoms with E-state index in [-0.39, 0.29) is 5.75 Å². The second kappa shape index (κ2) is 4.65. The van der Waals surface area contributed by atoms with Crippen LogP contribution in [0.1, 0.15) is 5.56 Å². The number of phenols is 1. The van der Waals surface area contributed by atoms with Crippen molar-refractivity contribution in [2.24, 2.45) is 0 Å². The van der Waals surface area contributed by atoms with E-state index in [1.165, 1.54) is 6.07 Å². The largest absolute Gasteiger partial charge is 0.508 e. The van der Waals surface area contributed by atoms with Gasteiger partial charge < -0.3 is 15.4 Å². The number of aromatic amines is 1. The van der Waals surface area contributed by atoms with Crippen molar-refractivity contribution in [3.63, 3.8) is 0 Å². The number of benzene rings is 2. The first-order chi connectivity index (χ1) is 9.20. The summed E-state index contributed by atoms with van der Waals surface area (Å²) in [6, 6.07) is 12.0. The number of hydrogen-bond acceptors (Lipinski definition) is 2. The highest BCUT2D eigenvalue weighted by Gasteiger charge is 2.01. The molecule has 4 heteroatoms. The van der Waals surface area contributed by atoms with Crippen LogP contribution in [0.25, 0.3) is 10.9 Å². The number of phenolic OH excluding ortho intramolecular Hbond substituents is 1. The average molecular weight is 256 g/mol. The topological polar surface area (TPSA) is 48.0 Å². The lowest BCUT2D eigenvalue weighted by Gasteiger charge is -2.07. The Balaban J connectivity index is 1.77. The molecule has 3 aromatic rings. The molecule has 0 radical (unpaired) electrons. The maximum absolute atomic E-state index is 13.1. The summed E-state index contributed by atoms with van der Waals surface area (Å²) < 4.78 is 13.1. The van der Waals surface area contributed by atoms with Crippen molar-refractivity contribution in [3.8, 4) is 5.75 Å². The van der Waals surface area contributed by atoms with Gasteiger partial charge in [0.1, 0.15) is 11.6 Å². The van der Waals surface area contributed by atoms with E-state index in [0.717, 1.165) is 22.7 Å². The minimum absolute atomic E-state index is 0.0575. The smallest absolute Gasteiger partial charge is 0.127 e. The number of anilines is 1. The van der Waals surface area contributed by atoms with Crippen LogP contribution in [0, 0.1) is 5.82 Å². The Morgan fingerprint density at radius 3 is 2.84 bits per heavy atom. The van der Waals surface area contributed by atoms with Crippen molar-refractivity contribution in [1.82, 2.24) is 4.98 Å². The molecule has 3 nitrogen and oxygen atoms in total. The van der Waals surface area contributed by atoms with Gasteiger partial charge in [-0.05, 0) is 42.0 Å². The first kappa shape index (κ1) is 11.6. The van der Waals surface area contributed by atoms with Gasteiger partial charge in [0, 0.05) is 35.4 Å². The fraction of sp³-hybridized carbons (Fsp3) is 0.0667. The molecule has 0 saturated carbocycles. The van der Waals surface area contributed by atoms with E-state index in [0.29, 0.717) is 12.1 Å². The standard InChI is InChI=1S/C15H13FN2O/c16-12-5-10(6-14(19)8-12)9-18-13-1-2-15-11(7-13)3-4-17-15/h1-8,17-19H,9H2. The maximum Gasteiger partial charge on any atom is 0.127 e. The number of hydrogen-bond donors (Lipinski definition) is 3. The van der Waals surface area contributed by atoms with E-state index in [9.17, 15) is 9.50 Å². The van der Waals surface area contributed by atoms with Gasteiger partial charge in [0.25, 0.3) is 0 Å². The van der Waals surface area contributed by atoms with Crippen molar-refractivity contribution < 1.29 is 9.50 Å². The summed E-state index contributed by atoms with van der Waals surface area (Å²) in [5.74, 6) is -0.490. The molecule has 19 heavy (non-hydrogen) atoms. The van der Waals surface area contributed by atoms with Crippen LogP contribution in [0.4, 0.5) is 10.1 Å². The molecule has 1 aromatic heterocycles. The van der Waals surface area contributed by atoms with Gasteiger partial charge in [-0.25, -0.2) is 4.39 Å². The van der Waals surface area contributed by atoms with Gasteiger partial charge in [0.15, 0.2) is 0 Å². The number of fused-ring (bicyclic) bond motifs is 1. The predicted molar refractivity (Wildman–Crippen MR) is 73.7 cm³/mol. The number of H-pyrrole nitrogens is 1. The summed E-state index contributed by atoms with van der Waals surface area (Å²) in [5, 5.41) is 13.7. The van der Waals surface area contributed by atoms with Crippen LogP contribution < -0.4 is 5.32 Å². The summed E-state index contributed by atoms with van der Waals surface area (Å²) in [7, 11) is 0. The molecule has 0 bridgehead atoms. The third-order valence-corrected chi connectivity index (χ3v) is 2.99. The summed E-state index contributed by atoms with van der Waals surface area (Å²) >= 11 is 0. The minimum atomic E-state index is -0.433. The van der Waals surface area contributed by atoms with Gasteiger partial charge in [-0.15, -0.1) is 0 Å². The molecule has 0 aliphatic rings. The van der Waals surface area contributed by atoms with Crippen LogP contribution in [0.5, 0.6) is 5.75 Å². The zero-order valence-electron chi connectivity index (χ0n) is 10.2. The predicted octanol–water partition coefficient (Wildman–Crippen LogP) is 3.62. The number of aromatic hydroxyl groups is 1. The molecule has 0 unspecified atom stereocenters. The molecule has 0 aliphatic carbocycles. The average Bonchev–Trinajstić information content (AvgIpc) is 2.82. The van der Waals surface area contributed by atoms with Gasteiger partial charge in [-0.3, -0.25) is 0 Å². The second-order valence-electron chi connectivity index (χ2n) is 4.45. The van der Waals surface area contributed by atoms with E-state index < -0.39 is 5.82 Å². The summed E-state index contributed by atoms with van der Waals surface area (Å²) in [5.41, 5.74) is 2.73. The molecule has 0 amide bonds. The van der Waals surface area contributed by atoms with Gasteiger partial charge in [-0.1, -0.05) is 0 Å². The van der Waals surface area contributed by atoms with E-state index >= 15 is 0 Å².